The van der Waals surface area contributed by atoms with Crippen LogP contribution in [-0.4, -0.2) is 39.3 Å². The second-order valence-corrected chi connectivity index (χ2v) is 7.19. The Balaban J connectivity index is 1.82. The fourth-order valence-electron chi connectivity index (χ4n) is 3.98. The molecule has 2 aromatic heterocycles. The van der Waals surface area contributed by atoms with Gasteiger partial charge in [-0.3, -0.25) is 9.36 Å². The molecule has 3 heterocycles. The number of rotatable bonds is 4. The summed E-state index contributed by atoms with van der Waals surface area (Å²) in [6.07, 6.45) is 2.30. The Morgan fingerprint density at radius 3 is 2.57 bits per heavy atom. The summed E-state index contributed by atoms with van der Waals surface area (Å²) in [5.74, 6) is 1.39. The van der Waals surface area contributed by atoms with Crippen molar-refractivity contribution in [2.75, 3.05) is 30.4 Å². The molecule has 0 aliphatic carbocycles. The standard InChI is InChI=1S/C21H22N6O/c1-22-16-9-10-17-18(13-16)27-20(25-11-5-6-12-25)23-24-21(27)26(19(17)28)14-15-7-3-2-4-8-15/h2-4,7-10,13,22H,5-6,11-12,14H2,1H3. The first-order chi connectivity index (χ1) is 13.8. The number of nitrogens with zero attached hydrogens (tertiary/aromatic N) is 5. The van der Waals surface area contributed by atoms with Gasteiger partial charge in [0.25, 0.3) is 5.56 Å². The summed E-state index contributed by atoms with van der Waals surface area (Å²) in [7, 11) is 1.88. The van der Waals surface area contributed by atoms with Crippen LogP contribution in [0.4, 0.5) is 11.6 Å². The van der Waals surface area contributed by atoms with E-state index in [1.54, 1.807) is 4.57 Å². The fourth-order valence-corrected chi connectivity index (χ4v) is 3.98. The highest BCUT2D eigenvalue weighted by molar-refractivity contribution is 5.85. The molecule has 4 aromatic rings. The van der Waals surface area contributed by atoms with Crippen LogP contribution < -0.4 is 15.8 Å². The number of hydrogen-bond acceptors (Lipinski definition) is 5. The Kier molecular flexibility index (Phi) is 4.00. The minimum Gasteiger partial charge on any atom is -0.388 e. The lowest BCUT2D eigenvalue weighted by Gasteiger charge is -2.17. The van der Waals surface area contributed by atoms with Crippen LogP contribution in [0.1, 0.15) is 18.4 Å². The lowest BCUT2D eigenvalue weighted by Crippen LogP contribution is -2.26. The second kappa shape index (κ2) is 6.67. The minimum atomic E-state index is -0.0469. The monoisotopic (exact) mass is 374 g/mol. The molecule has 7 heteroatoms. The summed E-state index contributed by atoms with van der Waals surface area (Å²) in [6, 6.07) is 15.8. The Labute approximate surface area is 162 Å². The number of anilines is 2. The molecule has 142 valence electrons. The highest BCUT2D eigenvalue weighted by atomic mass is 16.1. The zero-order valence-corrected chi connectivity index (χ0v) is 15.8. The van der Waals surface area contributed by atoms with Crippen molar-refractivity contribution in [1.29, 1.82) is 0 Å². The van der Waals surface area contributed by atoms with E-state index in [4.69, 9.17) is 0 Å². The van der Waals surface area contributed by atoms with Crippen LogP contribution in [0, 0.1) is 0 Å². The molecule has 1 aliphatic rings. The van der Waals surface area contributed by atoms with Crippen molar-refractivity contribution < 1.29 is 0 Å². The zero-order chi connectivity index (χ0) is 19.1. The first-order valence-electron chi connectivity index (χ1n) is 9.64. The van der Waals surface area contributed by atoms with Gasteiger partial charge >= 0.3 is 0 Å². The van der Waals surface area contributed by atoms with Crippen molar-refractivity contribution in [3.8, 4) is 0 Å². The number of benzene rings is 2. The van der Waals surface area contributed by atoms with Crippen LogP contribution in [0.3, 0.4) is 0 Å². The van der Waals surface area contributed by atoms with Crippen LogP contribution in [0.5, 0.6) is 0 Å². The maximum Gasteiger partial charge on any atom is 0.263 e. The smallest absolute Gasteiger partial charge is 0.263 e. The van der Waals surface area contributed by atoms with Crippen molar-refractivity contribution in [2.45, 2.75) is 19.4 Å². The molecule has 0 spiro atoms. The Morgan fingerprint density at radius 2 is 1.82 bits per heavy atom. The van der Waals surface area contributed by atoms with Crippen LogP contribution >= 0.6 is 0 Å². The maximum atomic E-state index is 13.3. The summed E-state index contributed by atoms with van der Waals surface area (Å²) in [5.41, 5.74) is 2.80. The van der Waals surface area contributed by atoms with Gasteiger partial charge in [0.2, 0.25) is 11.7 Å². The molecule has 2 aromatic carbocycles. The maximum absolute atomic E-state index is 13.3. The molecule has 0 saturated carbocycles. The van der Waals surface area contributed by atoms with E-state index in [1.165, 1.54) is 0 Å². The number of nitrogens with one attached hydrogen (secondary N) is 1. The zero-order valence-electron chi connectivity index (χ0n) is 15.8. The summed E-state index contributed by atoms with van der Waals surface area (Å²) in [4.78, 5) is 15.6. The van der Waals surface area contributed by atoms with Gasteiger partial charge in [-0.1, -0.05) is 30.3 Å². The SMILES string of the molecule is CNc1ccc2c(=O)n(Cc3ccccc3)c3nnc(N4CCCC4)n3c2c1. The van der Waals surface area contributed by atoms with E-state index in [0.29, 0.717) is 17.7 Å². The largest absolute Gasteiger partial charge is 0.388 e. The van der Waals surface area contributed by atoms with E-state index >= 15 is 0 Å². The first-order valence-corrected chi connectivity index (χ1v) is 9.64. The minimum absolute atomic E-state index is 0.0469. The van der Waals surface area contributed by atoms with Crippen molar-refractivity contribution in [1.82, 2.24) is 19.2 Å². The molecule has 1 N–H and O–H groups in total. The molecular weight excluding hydrogens is 352 g/mol. The highest BCUT2D eigenvalue weighted by Gasteiger charge is 2.22. The van der Waals surface area contributed by atoms with Crippen LogP contribution in [0.15, 0.2) is 53.3 Å². The molecule has 0 unspecified atom stereocenters. The Hall–Kier alpha value is -3.35. The van der Waals surface area contributed by atoms with Gasteiger partial charge in [-0.2, -0.15) is 0 Å². The second-order valence-electron chi connectivity index (χ2n) is 7.19. The molecule has 7 nitrogen and oxygen atoms in total. The Morgan fingerprint density at radius 1 is 1.04 bits per heavy atom. The normalized spacial score (nSPS) is 14.2. The fraction of sp³-hybridized carbons (Fsp3) is 0.286. The summed E-state index contributed by atoms with van der Waals surface area (Å²) in [5, 5.41) is 12.8. The van der Waals surface area contributed by atoms with Gasteiger partial charge in [-0.15, -0.1) is 10.2 Å². The van der Waals surface area contributed by atoms with E-state index in [-0.39, 0.29) is 5.56 Å². The van der Waals surface area contributed by atoms with E-state index in [0.717, 1.165) is 48.6 Å². The molecule has 0 amide bonds. The lowest BCUT2D eigenvalue weighted by atomic mass is 10.2. The van der Waals surface area contributed by atoms with Gasteiger partial charge < -0.3 is 10.2 Å². The molecule has 0 atom stereocenters. The predicted octanol–water partition coefficient (Wildman–Crippen LogP) is 2.73. The molecule has 1 fully saturated rings. The van der Waals surface area contributed by atoms with Gasteiger partial charge in [0.05, 0.1) is 17.4 Å². The first kappa shape index (κ1) is 16.8. The third kappa shape index (κ3) is 2.62. The summed E-state index contributed by atoms with van der Waals surface area (Å²) < 4.78 is 3.76. The van der Waals surface area contributed by atoms with Crippen LogP contribution in [-0.2, 0) is 6.54 Å². The van der Waals surface area contributed by atoms with Gasteiger partial charge in [-0.25, -0.2) is 4.40 Å². The quantitative estimate of drug-likeness (QED) is 0.595. The van der Waals surface area contributed by atoms with Gasteiger partial charge in [0.1, 0.15) is 0 Å². The third-order valence-electron chi connectivity index (χ3n) is 5.45. The number of hydrogen-bond donors (Lipinski definition) is 1. The molecule has 0 bridgehead atoms. The van der Waals surface area contributed by atoms with E-state index in [9.17, 15) is 4.79 Å². The topological polar surface area (TPSA) is 67.5 Å². The molecule has 0 radical (unpaired) electrons. The third-order valence-corrected chi connectivity index (χ3v) is 5.45. The van der Waals surface area contributed by atoms with Gasteiger partial charge in [0, 0.05) is 25.8 Å². The molecule has 1 saturated heterocycles. The van der Waals surface area contributed by atoms with E-state index < -0.39 is 0 Å². The molecular formula is C21H22N6O. The van der Waals surface area contributed by atoms with Crippen molar-refractivity contribution >= 4 is 28.3 Å². The van der Waals surface area contributed by atoms with E-state index in [1.807, 2.05) is 60.0 Å². The summed E-state index contributed by atoms with van der Waals surface area (Å²) in [6.45, 7) is 2.39. The number of fused-ring (bicyclic) bond motifs is 3. The molecule has 1 aliphatic heterocycles. The van der Waals surface area contributed by atoms with Crippen LogP contribution in [0.2, 0.25) is 0 Å². The van der Waals surface area contributed by atoms with Crippen LogP contribution in [0.25, 0.3) is 16.7 Å². The lowest BCUT2D eigenvalue weighted by molar-refractivity contribution is 0.765. The van der Waals surface area contributed by atoms with Crippen molar-refractivity contribution in [2.24, 2.45) is 0 Å². The van der Waals surface area contributed by atoms with Crippen molar-refractivity contribution in [3.05, 3.63) is 64.4 Å². The van der Waals surface area contributed by atoms with Gasteiger partial charge in [-0.05, 0) is 36.6 Å². The average Bonchev–Trinajstić information content (AvgIpc) is 3.41. The van der Waals surface area contributed by atoms with Crippen molar-refractivity contribution in [3.63, 3.8) is 0 Å². The molecule has 28 heavy (non-hydrogen) atoms. The van der Waals surface area contributed by atoms with E-state index in [2.05, 4.69) is 20.4 Å². The molecule has 5 rings (SSSR count). The summed E-state index contributed by atoms with van der Waals surface area (Å²) >= 11 is 0. The van der Waals surface area contributed by atoms with Gasteiger partial charge in [0.15, 0.2) is 0 Å². The predicted molar refractivity (Wildman–Crippen MR) is 111 cm³/mol. The highest BCUT2D eigenvalue weighted by Crippen LogP contribution is 2.25. The average molecular weight is 374 g/mol. The number of aromatic nitrogens is 4. The Bertz CT molecular complexity index is 1200.